The molecule has 0 unspecified atom stereocenters. The number of nitrogens with one attached hydrogen (secondary N) is 2. The third-order valence-corrected chi connectivity index (χ3v) is 3.85. The van der Waals surface area contributed by atoms with Crippen molar-refractivity contribution in [3.63, 3.8) is 0 Å². The van der Waals surface area contributed by atoms with Crippen LogP contribution in [0.1, 0.15) is 18.1 Å². The lowest BCUT2D eigenvalue weighted by molar-refractivity contribution is 0.619. The van der Waals surface area contributed by atoms with Gasteiger partial charge in [0.2, 0.25) is 5.95 Å². The summed E-state index contributed by atoms with van der Waals surface area (Å²) in [6, 6.07) is 14.4. The SMILES string of the molecule is CCc1ccccc1NC(=S)Nc1ncn(Cc2cccc(F)c2)n1. The lowest BCUT2D eigenvalue weighted by Crippen LogP contribution is -2.20. The molecule has 0 bridgehead atoms. The lowest BCUT2D eigenvalue weighted by Gasteiger charge is -2.11. The van der Waals surface area contributed by atoms with Gasteiger partial charge in [-0.3, -0.25) is 5.32 Å². The second-order valence-corrected chi connectivity index (χ2v) is 5.89. The molecular weight excluding hydrogens is 337 g/mol. The molecule has 0 aliphatic rings. The molecule has 2 aromatic carbocycles. The Balaban J connectivity index is 1.62. The molecule has 0 radical (unpaired) electrons. The number of hydrogen-bond acceptors (Lipinski definition) is 3. The van der Waals surface area contributed by atoms with Gasteiger partial charge in [0.15, 0.2) is 5.11 Å². The topological polar surface area (TPSA) is 54.8 Å². The molecule has 25 heavy (non-hydrogen) atoms. The van der Waals surface area contributed by atoms with Gasteiger partial charge < -0.3 is 5.32 Å². The van der Waals surface area contributed by atoms with Gasteiger partial charge in [-0.2, -0.15) is 0 Å². The molecule has 0 amide bonds. The van der Waals surface area contributed by atoms with Crippen molar-refractivity contribution in [2.24, 2.45) is 0 Å². The predicted octanol–water partition coefficient (Wildman–Crippen LogP) is 3.84. The van der Waals surface area contributed by atoms with Crippen LogP contribution in [-0.4, -0.2) is 19.9 Å². The van der Waals surface area contributed by atoms with Crippen molar-refractivity contribution >= 4 is 29.0 Å². The summed E-state index contributed by atoms with van der Waals surface area (Å²) >= 11 is 5.32. The van der Waals surface area contributed by atoms with Crippen molar-refractivity contribution in [3.05, 3.63) is 71.8 Å². The number of anilines is 2. The maximum atomic E-state index is 13.2. The average Bonchev–Trinajstić information content (AvgIpc) is 3.02. The van der Waals surface area contributed by atoms with E-state index < -0.39 is 0 Å². The monoisotopic (exact) mass is 355 g/mol. The summed E-state index contributed by atoms with van der Waals surface area (Å²) < 4.78 is 14.9. The van der Waals surface area contributed by atoms with E-state index in [1.807, 2.05) is 24.3 Å². The van der Waals surface area contributed by atoms with Crippen LogP contribution in [-0.2, 0) is 13.0 Å². The maximum Gasteiger partial charge on any atom is 0.248 e. The number of aryl methyl sites for hydroxylation is 1. The van der Waals surface area contributed by atoms with E-state index in [0.717, 1.165) is 17.7 Å². The zero-order valence-corrected chi connectivity index (χ0v) is 14.6. The Morgan fingerprint density at radius 1 is 1.16 bits per heavy atom. The summed E-state index contributed by atoms with van der Waals surface area (Å²) in [5.41, 5.74) is 2.95. The first-order chi connectivity index (χ1) is 12.1. The minimum Gasteiger partial charge on any atom is -0.332 e. The van der Waals surface area contributed by atoms with Crippen molar-refractivity contribution in [2.75, 3.05) is 10.6 Å². The molecule has 0 aliphatic carbocycles. The number of benzene rings is 2. The molecule has 2 N–H and O–H groups in total. The molecule has 5 nitrogen and oxygen atoms in total. The van der Waals surface area contributed by atoms with Gasteiger partial charge in [0, 0.05) is 5.69 Å². The fourth-order valence-electron chi connectivity index (χ4n) is 2.46. The van der Waals surface area contributed by atoms with Crippen molar-refractivity contribution in [2.45, 2.75) is 19.9 Å². The summed E-state index contributed by atoms with van der Waals surface area (Å²) in [5.74, 6) is 0.124. The summed E-state index contributed by atoms with van der Waals surface area (Å²) in [5, 5.41) is 10.8. The van der Waals surface area contributed by atoms with Gasteiger partial charge in [0.1, 0.15) is 12.1 Å². The van der Waals surface area contributed by atoms with E-state index in [0.29, 0.717) is 17.6 Å². The van der Waals surface area contributed by atoms with Gasteiger partial charge in [-0.1, -0.05) is 37.3 Å². The van der Waals surface area contributed by atoms with Crippen LogP contribution in [0.25, 0.3) is 0 Å². The summed E-state index contributed by atoms with van der Waals surface area (Å²) in [6.07, 6.45) is 2.49. The van der Waals surface area contributed by atoms with Crippen molar-refractivity contribution in [1.82, 2.24) is 14.8 Å². The second-order valence-electron chi connectivity index (χ2n) is 5.49. The predicted molar refractivity (Wildman–Crippen MR) is 101 cm³/mol. The van der Waals surface area contributed by atoms with Crippen LogP contribution >= 0.6 is 12.2 Å². The third-order valence-electron chi connectivity index (χ3n) is 3.64. The average molecular weight is 355 g/mol. The van der Waals surface area contributed by atoms with Crippen LogP contribution in [0.4, 0.5) is 16.0 Å². The number of nitrogens with zero attached hydrogens (tertiary/aromatic N) is 3. The van der Waals surface area contributed by atoms with Gasteiger partial charge in [-0.05, 0) is 48.0 Å². The van der Waals surface area contributed by atoms with Gasteiger partial charge in [-0.25, -0.2) is 14.1 Å². The molecule has 1 heterocycles. The number of aromatic nitrogens is 3. The number of hydrogen-bond donors (Lipinski definition) is 2. The molecule has 0 saturated heterocycles. The fraction of sp³-hybridized carbons (Fsp3) is 0.167. The van der Waals surface area contributed by atoms with Crippen molar-refractivity contribution < 1.29 is 4.39 Å². The number of thiocarbonyl (C=S) groups is 1. The lowest BCUT2D eigenvalue weighted by atomic mass is 10.1. The first-order valence-corrected chi connectivity index (χ1v) is 8.34. The van der Waals surface area contributed by atoms with Gasteiger partial charge in [-0.15, -0.1) is 5.10 Å². The van der Waals surface area contributed by atoms with E-state index in [9.17, 15) is 4.39 Å². The first-order valence-electron chi connectivity index (χ1n) is 7.94. The second kappa shape index (κ2) is 7.85. The molecule has 0 atom stereocenters. The molecule has 7 heteroatoms. The van der Waals surface area contributed by atoms with E-state index >= 15 is 0 Å². The van der Waals surface area contributed by atoms with E-state index in [-0.39, 0.29) is 5.82 Å². The molecule has 128 valence electrons. The summed E-state index contributed by atoms with van der Waals surface area (Å²) in [4.78, 5) is 4.18. The minimum absolute atomic E-state index is 0.268. The van der Waals surface area contributed by atoms with Crippen LogP contribution in [0.15, 0.2) is 54.9 Å². The van der Waals surface area contributed by atoms with Crippen LogP contribution < -0.4 is 10.6 Å². The van der Waals surface area contributed by atoms with E-state index in [1.54, 1.807) is 17.1 Å². The smallest absolute Gasteiger partial charge is 0.248 e. The molecule has 0 fully saturated rings. The minimum atomic E-state index is -0.268. The highest BCUT2D eigenvalue weighted by Gasteiger charge is 2.06. The van der Waals surface area contributed by atoms with Crippen LogP contribution in [0.2, 0.25) is 0 Å². The Hall–Kier alpha value is -2.80. The molecule has 3 rings (SSSR count). The largest absolute Gasteiger partial charge is 0.332 e. The molecule has 0 aliphatic heterocycles. The Morgan fingerprint density at radius 3 is 2.80 bits per heavy atom. The normalized spacial score (nSPS) is 10.5. The van der Waals surface area contributed by atoms with Crippen LogP contribution in [0, 0.1) is 5.82 Å². The molecule has 3 aromatic rings. The molecular formula is C18H18FN5S. The van der Waals surface area contributed by atoms with Crippen LogP contribution in [0.5, 0.6) is 0 Å². The third kappa shape index (κ3) is 4.60. The molecule has 0 saturated carbocycles. The number of para-hydroxylation sites is 1. The Morgan fingerprint density at radius 2 is 2.00 bits per heavy atom. The highest BCUT2D eigenvalue weighted by molar-refractivity contribution is 7.80. The number of rotatable bonds is 5. The quantitative estimate of drug-likeness (QED) is 0.681. The van der Waals surface area contributed by atoms with Gasteiger partial charge >= 0.3 is 0 Å². The summed E-state index contributed by atoms with van der Waals surface area (Å²) in [6.45, 7) is 2.53. The first kappa shape index (κ1) is 17.0. The maximum absolute atomic E-state index is 13.2. The molecule has 0 spiro atoms. The fourth-order valence-corrected chi connectivity index (χ4v) is 2.66. The zero-order chi connectivity index (χ0) is 17.6. The standard InChI is InChI=1S/C18H18FN5S/c1-2-14-7-3-4-9-16(14)21-18(25)22-17-20-12-24(23-17)11-13-6-5-8-15(19)10-13/h3-10,12H,2,11H2,1H3,(H2,21,22,23,25). The highest BCUT2D eigenvalue weighted by atomic mass is 32.1. The summed E-state index contributed by atoms with van der Waals surface area (Å²) in [7, 11) is 0. The van der Waals surface area contributed by atoms with E-state index in [4.69, 9.17) is 12.2 Å². The van der Waals surface area contributed by atoms with Gasteiger partial charge in [0.05, 0.1) is 6.54 Å². The number of halogens is 1. The van der Waals surface area contributed by atoms with Crippen molar-refractivity contribution in [3.8, 4) is 0 Å². The van der Waals surface area contributed by atoms with Crippen LogP contribution in [0.3, 0.4) is 0 Å². The van der Waals surface area contributed by atoms with Crippen molar-refractivity contribution in [1.29, 1.82) is 0 Å². The zero-order valence-electron chi connectivity index (χ0n) is 13.7. The van der Waals surface area contributed by atoms with E-state index in [2.05, 4.69) is 33.7 Å². The van der Waals surface area contributed by atoms with E-state index in [1.165, 1.54) is 17.7 Å². The Bertz CT molecular complexity index is 877. The Labute approximate surface area is 150 Å². The highest BCUT2D eigenvalue weighted by Crippen LogP contribution is 2.15. The Kier molecular flexibility index (Phi) is 5.35. The molecule has 1 aromatic heterocycles. The van der Waals surface area contributed by atoms with Gasteiger partial charge in [0.25, 0.3) is 0 Å².